The summed E-state index contributed by atoms with van der Waals surface area (Å²) in [4.78, 5) is 11.9. The van der Waals surface area contributed by atoms with Gasteiger partial charge >= 0.3 is 5.97 Å². The molecule has 0 aliphatic carbocycles. The minimum atomic E-state index is -0.923. The van der Waals surface area contributed by atoms with Crippen LogP contribution in [0, 0.1) is 12.7 Å². The van der Waals surface area contributed by atoms with Crippen molar-refractivity contribution in [2.45, 2.75) is 13.5 Å². The fraction of sp³-hybridized carbons (Fsp3) is 0.154. The molecule has 0 spiro atoms. The first-order chi connectivity index (χ1) is 8.54. The molecule has 0 unspecified atom stereocenters. The van der Waals surface area contributed by atoms with Gasteiger partial charge in [-0.3, -0.25) is 0 Å². The fourth-order valence-corrected chi connectivity index (χ4v) is 2.40. The van der Waals surface area contributed by atoms with E-state index in [4.69, 9.17) is 5.11 Å². The van der Waals surface area contributed by atoms with Crippen LogP contribution in [0.4, 0.5) is 10.1 Å². The zero-order chi connectivity index (χ0) is 13.1. The molecule has 5 heteroatoms. The Bertz CT molecular complexity index is 560. The van der Waals surface area contributed by atoms with Gasteiger partial charge in [0.2, 0.25) is 0 Å². The van der Waals surface area contributed by atoms with Crippen molar-refractivity contribution in [3.8, 4) is 0 Å². The Balaban J connectivity index is 2.04. The van der Waals surface area contributed by atoms with E-state index in [1.54, 1.807) is 12.1 Å². The minimum absolute atomic E-state index is 0.282. The largest absolute Gasteiger partial charge is 0.477 e. The third-order valence-electron chi connectivity index (χ3n) is 2.38. The highest BCUT2D eigenvalue weighted by Gasteiger charge is 2.06. The lowest BCUT2D eigenvalue weighted by atomic mass is 10.2. The molecule has 0 saturated heterocycles. The van der Waals surface area contributed by atoms with Crippen LogP contribution in [-0.2, 0) is 6.54 Å². The molecule has 1 heterocycles. The van der Waals surface area contributed by atoms with E-state index >= 15 is 0 Å². The monoisotopic (exact) mass is 265 g/mol. The van der Waals surface area contributed by atoms with Crippen molar-refractivity contribution in [3.05, 3.63) is 51.5 Å². The van der Waals surface area contributed by atoms with Crippen molar-refractivity contribution in [1.29, 1.82) is 0 Å². The lowest BCUT2D eigenvalue weighted by Gasteiger charge is -2.06. The van der Waals surface area contributed by atoms with Crippen LogP contribution in [0.1, 0.15) is 20.1 Å². The van der Waals surface area contributed by atoms with Crippen molar-refractivity contribution in [2.24, 2.45) is 0 Å². The summed E-state index contributed by atoms with van der Waals surface area (Å²) < 4.78 is 13.1. The number of halogens is 1. The standard InChI is InChI=1S/C13H12FNO2S/c1-8-4-9(14)6-10(5-8)15-7-11-2-3-12(18-11)13(16)17/h2-6,15H,7H2,1H3,(H,16,17). The molecular weight excluding hydrogens is 253 g/mol. The van der Waals surface area contributed by atoms with E-state index in [1.165, 1.54) is 23.5 Å². The number of carbonyl (C=O) groups is 1. The van der Waals surface area contributed by atoms with Crippen molar-refractivity contribution in [3.63, 3.8) is 0 Å². The number of thiophene rings is 1. The number of anilines is 1. The maximum atomic E-state index is 13.1. The third-order valence-corrected chi connectivity index (χ3v) is 3.45. The molecular formula is C13H12FNO2S. The first kappa shape index (κ1) is 12.6. The SMILES string of the molecule is Cc1cc(F)cc(NCc2ccc(C(=O)O)s2)c1. The molecule has 2 rings (SSSR count). The van der Waals surface area contributed by atoms with Crippen molar-refractivity contribution in [2.75, 3.05) is 5.32 Å². The van der Waals surface area contributed by atoms with Gasteiger partial charge in [0.1, 0.15) is 10.7 Å². The Kier molecular flexibility index (Phi) is 3.62. The van der Waals surface area contributed by atoms with Gasteiger partial charge in [-0.05, 0) is 42.8 Å². The van der Waals surface area contributed by atoms with Gasteiger partial charge in [-0.25, -0.2) is 9.18 Å². The highest BCUT2D eigenvalue weighted by molar-refractivity contribution is 7.13. The topological polar surface area (TPSA) is 49.3 Å². The third kappa shape index (κ3) is 3.07. The average molecular weight is 265 g/mol. The molecule has 0 aliphatic rings. The van der Waals surface area contributed by atoms with Crippen LogP contribution in [0.5, 0.6) is 0 Å². The predicted octanol–water partition coefficient (Wildman–Crippen LogP) is 3.51. The minimum Gasteiger partial charge on any atom is -0.477 e. The summed E-state index contributed by atoms with van der Waals surface area (Å²) in [5, 5.41) is 11.9. The molecule has 3 nitrogen and oxygen atoms in total. The van der Waals surface area contributed by atoms with Gasteiger partial charge in [0.25, 0.3) is 0 Å². The quantitative estimate of drug-likeness (QED) is 0.889. The molecule has 18 heavy (non-hydrogen) atoms. The second-order valence-corrected chi connectivity index (χ2v) is 5.11. The molecule has 94 valence electrons. The number of nitrogens with one attached hydrogen (secondary N) is 1. The van der Waals surface area contributed by atoms with Crippen LogP contribution >= 0.6 is 11.3 Å². The highest BCUT2D eigenvalue weighted by atomic mass is 32.1. The summed E-state index contributed by atoms with van der Waals surface area (Å²) >= 11 is 1.21. The highest BCUT2D eigenvalue weighted by Crippen LogP contribution is 2.19. The Morgan fingerprint density at radius 3 is 2.78 bits per heavy atom. The summed E-state index contributed by atoms with van der Waals surface area (Å²) in [6.45, 7) is 2.31. The second kappa shape index (κ2) is 5.18. The molecule has 0 bridgehead atoms. The molecule has 0 fully saturated rings. The Morgan fingerprint density at radius 2 is 2.17 bits per heavy atom. The van der Waals surface area contributed by atoms with Gasteiger partial charge in [-0.15, -0.1) is 11.3 Å². The molecule has 1 aromatic carbocycles. The second-order valence-electron chi connectivity index (χ2n) is 3.94. The summed E-state index contributed by atoms with van der Waals surface area (Å²) in [6, 6.07) is 8.04. The van der Waals surface area contributed by atoms with E-state index in [2.05, 4.69) is 5.32 Å². The molecule has 2 N–H and O–H groups in total. The van der Waals surface area contributed by atoms with Crippen LogP contribution in [0.15, 0.2) is 30.3 Å². The summed E-state index contributed by atoms with van der Waals surface area (Å²) in [6.07, 6.45) is 0. The zero-order valence-electron chi connectivity index (χ0n) is 9.74. The van der Waals surface area contributed by atoms with E-state index in [9.17, 15) is 9.18 Å². The predicted molar refractivity (Wildman–Crippen MR) is 69.7 cm³/mol. The van der Waals surface area contributed by atoms with Gasteiger partial charge in [0.15, 0.2) is 0 Å². The molecule has 0 aliphatic heterocycles. The maximum absolute atomic E-state index is 13.1. The van der Waals surface area contributed by atoms with Crippen LogP contribution < -0.4 is 5.32 Å². The van der Waals surface area contributed by atoms with Crippen LogP contribution in [0.25, 0.3) is 0 Å². The van der Waals surface area contributed by atoms with Crippen molar-refractivity contribution >= 4 is 23.0 Å². The number of aryl methyl sites for hydroxylation is 1. The molecule has 2 aromatic rings. The Labute approximate surface area is 108 Å². The van der Waals surface area contributed by atoms with Crippen LogP contribution in [0.2, 0.25) is 0 Å². The lowest BCUT2D eigenvalue weighted by Crippen LogP contribution is -1.98. The number of aromatic carboxylic acids is 1. The Hall–Kier alpha value is -1.88. The van der Waals surface area contributed by atoms with Gasteiger partial charge in [0, 0.05) is 17.1 Å². The smallest absolute Gasteiger partial charge is 0.345 e. The van der Waals surface area contributed by atoms with E-state index in [0.29, 0.717) is 17.1 Å². The van der Waals surface area contributed by atoms with Gasteiger partial charge in [-0.1, -0.05) is 0 Å². The number of hydrogen-bond acceptors (Lipinski definition) is 3. The molecule has 0 amide bonds. The van der Waals surface area contributed by atoms with Crippen molar-refractivity contribution < 1.29 is 14.3 Å². The van der Waals surface area contributed by atoms with Gasteiger partial charge in [-0.2, -0.15) is 0 Å². The summed E-state index contributed by atoms with van der Waals surface area (Å²) in [5.41, 5.74) is 1.53. The maximum Gasteiger partial charge on any atom is 0.345 e. The number of carboxylic acid groups (broad SMARTS) is 1. The van der Waals surface area contributed by atoms with E-state index in [0.717, 1.165) is 10.4 Å². The molecule has 1 aromatic heterocycles. The lowest BCUT2D eigenvalue weighted by molar-refractivity contribution is 0.0702. The van der Waals surface area contributed by atoms with Gasteiger partial charge < -0.3 is 10.4 Å². The average Bonchev–Trinajstić information content (AvgIpc) is 2.73. The fourth-order valence-electron chi connectivity index (χ4n) is 1.62. The summed E-state index contributed by atoms with van der Waals surface area (Å²) in [7, 11) is 0. The van der Waals surface area contributed by atoms with Crippen molar-refractivity contribution in [1.82, 2.24) is 0 Å². The number of hydrogen-bond donors (Lipinski definition) is 2. The van der Waals surface area contributed by atoms with Gasteiger partial charge in [0.05, 0.1) is 0 Å². The first-order valence-electron chi connectivity index (χ1n) is 5.37. The first-order valence-corrected chi connectivity index (χ1v) is 6.19. The molecule has 0 radical (unpaired) electrons. The number of benzene rings is 1. The Morgan fingerprint density at radius 1 is 1.39 bits per heavy atom. The van der Waals surface area contributed by atoms with E-state index in [-0.39, 0.29) is 5.82 Å². The summed E-state index contributed by atoms with van der Waals surface area (Å²) in [5.74, 6) is -1.21. The number of rotatable bonds is 4. The van der Waals surface area contributed by atoms with E-state index < -0.39 is 5.97 Å². The van der Waals surface area contributed by atoms with Crippen LogP contribution in [0.3, 0.4) is 0 Å². The normalized spacial score (nSPS) is 10.3. The van der Waals surface area contributed by atoms with Crippen LogP contribution in [-0.4, -0.2) is 11.1 Å². The van der Waals surface area contributed by atoms with E-state index in [1.807, 2.05) is 13.0 Å². The number of carboxylic acids is 1. The molecule has 0 atom stereocenters. The molecule has 0 saturated carbocycles. The zero-order valence-corrected chi connectivity index (χ0v) is 10.6.